The molecule has 0 fully saturated rings. The van der Waals surface area contributed by atoms with Crippen LogP contribution in [-0.4, -0.2) is 11.0 Å². The first kappa shape index (κ1) is 19.3. The summed E-state index contributed by atoms with van der Waals surface area (Å²) >= 11 is 0. The van der Waals surface area contributed by atoms with E-state index in [0.717, 1.165) is 29.3 Å². The molecule has 3 nitrogen and oxygen atoms in total. The minimum Gasteiger partial charge on any atom is -0.507 e. The first-order valence-electron chi connectivity index (χ1n) is 9.72. The van der Waals surface area contributed by atoms with Crippen LogP contribution in [0.25, 0.3) is 10.8 Å². The predicted octanol–water partition coefficient (Wildman–Crippen LogP) is 6.40. The third-order valence-corrected chi connectivity index (χ3v) is 4.65. The first-order valence-corrected chi connectivity index (χ1v) is 9.72. The van der Waals surface area contributed by atoms with E-state index < -0.39 is 0 Å². The van der Waals surface area contributed by atoms with Crippen LogP contribution in [0, 0.1) is 0 Å². The molecule has 2 aromatic carbocycles. The Morgan fingerprint density at radius 1 is 0.920 bits per heavy atom. The summed E-state index contributed by atoms with van der Waals surface area (Å²) in [6.07, 6.45) is 11.9. The highest BCUT2D eigenvalue weighted by Gasteiger charge is 2.05. The van der Waals surface area contributed by atoms with Gasteiger partial charge in [-0.15, -0.1) is 0 Å². The van der Waals surface area contributed by atoms with E-state index in [4.69, 9.17) is 0 Å². The molecule has 0 saturated heterocycles. The number of hydrogen-bond donors (Lipinski definition) is 2. The van der Waals surface area contributed by atoms with Gasteiger partial charge in [-0.3, -0.25) is 4.79 Å². The van der Waals surface area contributed by atoms with Crippen LogP contribution in [0.15, 0.2) is 36.4 Å². The van der Waals surface area contributed by atoms with Gasteiger partial charge in [-0.1, -0.05) is 70.4 Å². The molecule has 0 aliphatic rings. The monoisotopic (exact) mass is 341 g/mol. The second-order valence-corrected chi connectivity index (χ2v) is 6.84. The molecule has 0 heterocycles. The van der Waals surface area contributed by atoms with Gasteiger partial charge in [-0.05, 0) is 36.1 Å². The van der Waals surface area contributed by atoms with Crippen LogP contribution in [0.1, 0.15) is 71.1 Å². The first-order chi connectivity index (χ1) is 12.2. The number of nitrogens with one attached hydrogen (secondary N) is 1. The van der Waals surface area contributed by atoms with Crippen molar-refractivity contribution in [2.24, 2.45) is 0 Å². The number of hydrogen-bond acceptors (Lipinski definition) is 2. The fraction of sp³-hybridized carbons (Fsp3) is 0.500. The average Bonchev–Trinajstić information content (AvgIpc) is 2.60. The van der Waals surface area contributed by atoms with E-state index in [2.05, 4.69) is 12.2 Å². The number of unbranched alkanes of at least 4 members (excludes halogenated alkanes) is 8. The average molecular weight is 341 g/mol. The lowest BCUT2D eigenvalue weighted by Crippen LogP contribution is -2.10. The van der Waals surface area contributed by atoms with Gasteiger partial charge < -0.3 is 10.4 Å². The van der Waals surface area contributed by atoms with Gasteiger partial charge in [0.05, 0.1) is 0 Å². The number of carbonyl (C=O) groups is 1. The number of anilines is 1. The lowest BCUT2D eigenvalue weighted by molar-refractivity contribution is -0.116. The fourth-order valence-electron chi connectivity index (χ4n) is 3.16. The highest BCUT2D eigenvalue weighted by Crippen LogP contribution is 2.26. The molecule has 136 valence electrons. The molecule has 0 saturated carbocycles. The van der Waals surface area contributed by atoms with Crippen molar-refractivity contribution < 1.29 is 9.90 Å². The number of phenolic OH excluding ortho intramolecular Hbond substituents is 1. The third kappa shape index (κ3) is 6.77. The number of benzene rings is 2. The molecule has 2 rings (SSSR count). The molecule has 0 aromatic heterocycles. The summed E-state index contributed by atoms with van der Waals surface area (Å²) in [4.78, 5) is 12.1. The molecule has 0 radical (unpaired) electrons. The molecule has 0 aliphatic carbocycles. The van der Waals surface area contributed by atoms with Gasteiger partial charge in [-0.2, -0.15) is 0 Å². The van der Waals surface area contributed by atoms with Gasteiger partial charge >= 0.3 is 0 Å². The van der Waals surface area contributed by atoms with E-state index in [-0.39, 0.29) is 11.7 Å². The van der Waals surface area contributed by atoms with Crippen LogP contribution >= 0.6 is 0 Å². The van der Waals surface area contributed by atoms with Crippen molar-refractivity contribution in [3.8, 4) is 5.75 Å². The summed E-state index contributed by atoms with van der Waals surface area (Å²) in [5.74, 6) is 0.340. The van der Waals surface area contributed by atoms with Crippen molar-refractivity contribution in [3.05, 3.63) is 36.4 Å². The molecule has 0 atom stereocenters. The van der Waals surface area contributed by atoms with Crippen LogP contribution in [-0.2, 0) is 4.79 Å². The third-order valence-electron chi connectivity index (χ3n) is 4.65. The molecule has 2 aromatic rings. The Morgan fingerprint density at radius 2 is 1.60 bits per heavy atom. The van der Waals surface area contributed by atoms with Gasteiger partial charge in [0.25, 0.3) is 0 Å². The maximum Gasteiger partial charge on any atom is 0.224 e. The van der Waals surface area contributed by atoms with E-state index in [1.807, 2.05) is 30.3 Å². The molecule has 0 aliphatic heterocycles. The number of amides is 1. The summed E-state index contributed by atoms with van der Waals surface area (Å²) < 4.78 is 0. The Bertz CT molecular complexity index is 666. The fourth-order valence-corrected chi connectivity index (χ4v) is 3.16. The standard InChI is InChI=1S/C22H31NO2/c1-2-3-4-5-6-7-8-9-10-14-22(25)23-19-15-16-20-18(17-19)12-11-13-21(20)24/h11-13,15-17,24H,2-10,14H2,1H3,(H,23,25). The quantitative estimate of drug-likeness (QED) is 0.464. The van der Waals surface area contributed by atoms with E-state index in [0.29, 0.717) is 6.42 Å². The van der Waals surface area contributed by atoms with Crippen LogP contribution in [0.2, 0.25) is 0 Å². The van der Waals surface area contributed by atoms with Crippen molar-refractivity contribution >= 4 is 22.4 Å². The van der Waals surface area contributed by atoms with Crippen molar-refractivity contribution in [1.82, 2.24) is 0 Å². The van der Waals surface area contributed by atoms with Crippen LogP contribution in [0.3, 0.4) is 0 Å². The molecular formula is C22H31NO2. The van der Waals surface area contributed by atoms with E-state index in [1.54, 1.807) is 6.07 Å². The maximum absolute atomic E-state index is 12.1. The Kier molecular flexibility index (Phi) is 8.30. The van der Waals surface area contributed by atoms with Gasteiger partial charge in [0.15, 0.2) is 0 Å². The lowest BCUT2D eigenvalue weighted by Gasteiger charge is -2.07. The SMILES string of the molecule is CCCCCCCCCCCC(=O)Nc1ccc2c(O)cccc2c1. The van der Waals surface area contributed by atoms with E-state index >= 15 is 0 Å². The number of fused-ring (bicyclic) bond motifs is 1. The maximum atomic E-state index is 12.1. The Hall–Kier alpha value is -2.03. The minimum absolute atomic E-state index is 0.0717. The van der Waals surface area contributed by atoms with Crippen molar-refractivity contribution in [1.29, 1.82) is 0 Å². The molecule has 2 N–H and O–H groups in total. The van der Waals surface area contributed by atoms with E-state index in [1.165, 1.54) is 44.9 Å². The smallest absolute Gasteiger partial charge is 0.224 e. The molecule has 1 amide bonds. The Morgan fingerprint density at radius 3 is 2.32 bits per heavy atom. The molecule has 3 heteroatoms. The highest BCUT2D eigenvalue weighted by molar-refractivity contribution is 5.95. The summed E-state index contributed by atoms with van der Waals surface area (Å²) in [5, 5.41) is 14.5. The molecule has 0 spiro atoms. The number of phenols is 1. The van der Waals surface area contributed by atoms with Crippen molar-refractivity contribution in [2.75, 3.05) is 5.32 Å². The second-order valence-electron chi connectivity index (χ2n) is 6.84. The normalized spacial score (nSPS) is 10.9. The van der Waals surface area contributed by atoms with Crippen molar-refractivity contribution in [3.63, 3.8) is 0 Å². The summed E-state index contributed by atoms with van der Waals surface area (Å²) in [5.41, 5.74) is 0.791. The summed E-state index contributed by atoms with van der Waals surface area (Å²) in [6.45, 7) is 2.24. The van der Waals surface area contributed by atoms with Gasteiger partial charge in [-0.25, -0.2) is 0 Å². The minimum atomic E-state index is 0.0717. The molecule has 0 unspecified atom stereocenters. The lowest BCUT2D eigenvalue weighted by atomic mass is 10.1. The Balaban J connectivity index is 1.64. The number of carbonyl (C=O) groups excluding carboxylic acids is 1. The second kappa shape index (κ2) is 10.8. The largest absolute Gasteiger partial charge is 0.507 e. The van der Waals surface area contributed by atoms with Crippen LogP contribution in [0.5, 0.6) is 5.75 Å². The molecule has 0 bridgehead atoms. The van der Waals surface area contributed by atoms with Crippen LogP contribution < -0.4 is 5.32 Å². The highest BCUT2D eigenvalue weighted by atomic mass is 16.3. The zero-order chi connectivity index (χ0) is 17.9. The van der Waals surface area contributed by atoms with Gasteiger partial charge in [0.1, 0.15) is 5.75 Å². The number of aromatic hydroxyl groups is 1. The summed E-state index contributed by atoms with van der Waals surface area (Å²) in [7, 11) is 0. The Labute approximate surface area is 151 Å². The number of rotatable bonds is 11. The van der Waals surface area contributed by atoms with Crippen LogP contribution in [0.4, 0.5) is 5.69 Å². The van der Waals surface area contributed by atoms with Crippen molar-refractivity contribution in [2.45, 2.75) is 71.1 Å². The summed E-state index contributed by atoms with van der Waals surface area (Å²) in [6, 6.07) is 11.0. The zero-order valence-corrected chi connectivity index (χ0v) is 15.4. The van der Waals surface area contributed by atoms with Gasteiger partial charge in [0.2, 0.25) is 5.91 Å². The molecule has 25 heavy (non-hydrogen) atoms. The predicted molar refractivity (Wildman–Crippen MR) is 106 cm³/mol. The molecular weight excluding hydrogens is 310 g/mol. The zero-order valence-electron chi connectivity index (χ0n) is 15.4. The van der Waals surface area contributed by atoms with Gasteiger partial charge in [0, 0.05) is 17.5 Å². The topological polar surface area (TPSA) is 49.3 Å². The van der Waals surface area contributed by atoms with E-state index in [9.17, 15) is 9.90 Å².